The number of thioether (sulfide) groups is 1. The number of rotatable bonds is 9. The molecule has 1 rings (SSSR count). The second-order valence-corrected chi connectivity index (χ2v) is 9.92. The van der Waals surface area contributed by atoms with Gasteiger partial charge in [0.15, 0.2) is 5.96 Å². The Hall–Kier alpha value is -0.470. The lowest BCUT2D eigenvalue weighted by Crippen LogP contribution is -2.43. The number of hydrogen-bond acceptors (Lipinski definition) is 4. The lowest BCUT2D eigenvalue weighted by molar-refractivity contribution is 0.443. The molecule has 1 aliphatic heterocycles. The topological polar surface area (TPSA) is 73.8 Å². The fraction of sp³-hybridized carbons (Fsp3) is 0.938. The summed E-state index contributed by atoms with van der Waals surface area (Å²) in [5, 5.41) is 6.56. The van der Waals surface area contributed by atoms with Gasteiger partial charge < -0.3 is 10.6 Å². The normalized spacial score (nSPS) is 18.6. The quantitative estimate of drug-likeness (QED) is 0.472. The van der Waals surface area contributed by atoms with Gasteiger partial charge >= 0.3 is 0 Å². The van der Waals surface area contributed by atoms with Gasteiger partial charge in [-0.1, -0.05) is 13.8 Å². The van der Waals surface area contributed by atoms with Crippen molar-refractivity contribution in [2.45, 2.75) is 46.6 Å². The Bertz CT molecular complexity index is 474. The molecule has 24 heavy (non-hydrogen) atoms. The van der Waals surface area contributed by atoms with E-state index in [4.69, 9.17) is 0 Å². The summed E-state index contributed by atoms with van der Waals surface area (Å²) in [5.74, 6) is 3.24. The molecule has 0 saturated carbocycles. The van der Waals surface area contributed by atoms with E-state index in [9.17, 15) is 8.42 Å². The molecule has 8 heteroatoms. The summed E-state index contributed by atoms with van der Waals surface area (Å²) in [6.07, 6.45) is 2.24. The first-order chi connectivity index (χ1) is 11.3. The molecular formula is C16H34N4O2S2. The van der Waals surface area contributed by atoms with Gasteiger partial charge in [0, 0.05) is 37.2 Å². The van der Waals surface area contributed by atoms with Gasteiger partial charge in [0.25, 0.3) is 0 Å². The van der Waals surface area contributed by atoms with Crippen molar-refractivity contribution in [2.75, 3.05) is 43.4 Å². The zero-order chi connectivity index (χ0) is 18.0. The number of guanidine groups is 1. The van der Waals surface area contributed by atoms with E-state index in [1.54, 1.807) is 4.31 Å². The zero-order valence-electron chi connectivity index (χ0n) is 15.5. The van der Waals surface area contributed by atoms with Crippen LogP contribution in [0.2, 0.25) is 0 Å². The molecule has 0 aromatic heterocycles. The number of hydrogen-bond donors (Lipinski definition) is 2. The van der Waals surface area contributed by atoms with Crippen LogP contribution in [0.3, 0.4) is 0 Å². The summed E-state index contributed by atoms with van der Waals surface area (Å²) in [6.45, 7) is 10.9. The molecule has 1 heterocycles. The summed E-state index contributed by atoms with van der Waals surface area (Å²) in [5.41, 5.74) is 0. The second kappa shape index (κ2) is 11.2. The van der Waals surface area contributed by atoms with Crippen LogP contribution in [0.4, 0.5) is 0 Å². The number of nitrogens with zero attached hydrogens (tertiary/aromatic N) is 2. The number of sulfonamides is 1. The van der Waals surface area contributed by atoms with E-state index in [2.05, 4.69) is 36.4 Å². The second-order valence-electron chi connectivity index (χ2n) is 6.60. The molecule has 0 amide bonds. The molecule has 0 aromatic rings. The SMILES string of the molecule is CCNC(=NCCS(=O)(=O)N1CCSCC1)NC(C)CCC(C)C. The molecule has 0 radical (unpaired) electrons. The largest absolute Gasteiger partial charge is 0.357 e. The molecule has 0 aliphatic carbocycles. The standard InChI is InChI=1S/C16H34N4O2S2/c1-5-17-16(19-15(4)7-6-14(2)3)18-8-13-24(21,22)20-9-11-23-12-10-20/h14-15H,5-13H2,1-4H3,(H2,17,18,19). The van der Waals surface area contributed by atoms with E-state index in [1.807, 2.05) is 18.7 Å². The van der Waals surface area contributed by atoms with Crippen LogP contribution in [0, 0.1) is 5.92 Å². The van der Waals surface area contributed by atoms with Gasteiger partial charge in [0.1, 0.15) is 0 Å². The van der Waals surface area contributed by atoms with Gasteiger partial charge in [0.05, 0.1) is 12.3 Å². The molecule has 6 nitrogen and oxygen atoms in total. The van der Waals surface area contributed by atoms with E-state index in [1.165, 1.54) is 0 Å². The highest BCUT2D eigenvalue weighted by Crippen LogP contribution is 2.13. The molecule has 0 bridgehead atoms. The lowest BCUT2D eigenvalue weighted by Gasteiger charge is -2.25. The first kappa shape index (κ1) is 21.6. The molecule has 1 unspecified atom stereocenters. The fourth-order valence-electron chi connectivity index (χ4n) is 2.44. The monoisotopic (exact) mass is 378 g/mol. The Labute approximate surface area is 152 Å². The Kier molecular flexibility index (Phi) is 10.1. The van der Waals surface area contributed by atoms with Crippen LogP contribution >= 0.6 is 11.8 Å². The van der Waals surface area contributed by atoms with Crippen molar-refractivity contribution in [3.8, 4) is 0 Å². The first-order valence-corrected chi connectivity index (χ1v) is 11.7. The third-order valence-corrected chi connectivity index (χ3v) is 6.68. The van der Waals surface area contributed by atoms with Crippen molar-refractivity contribution < 1.29 is 8.42 Å². The predicted molar refractivity (Wildman–Crippen MR) is 105 cm³/mol. The average Bonchev–Trinajstić information content (AvgIpc) is 2.54. The van der Waals surface area contributed by atoms with Crippen LogP contribution in [0.1, 0.15) is 40.5 Å². The Morgan fingerprint density at radius 3 is 2.46 bits per heavy atom. The summed E-state index contributed by atoms with van der Waals surface area (Å²) in [6, 6.07) is 0.320. The van der Waals surface area contributed by atoms with Crippen LogP contribution in [-0.4, -0.2) is 68.2 Å². The fourth-order valence-corrected chi connectivity index (χ4v) is 4.89. The summed E-state index contributed by atoms with van der Waals surface area (Å²) in [4.78, 5) is 4.44. The van der Waals surface area contributed by atoms with Crippen molar-refractivity contribution >= 4 is 27.7 Å². The maximum Gasteiger partial charge on any atom is 0.215 e. The Morgan fingerprint density at radius 2 is 1.88 bits per heavy atom. The summed E-state index contributed by atoms with van der Waals surface area (Å²) in [7, 11) is -3.19. The van der Waals surface area contributed by atoms with Crippen LogP contribution in [0.15, 0.2) is 4.99 Å². The van der Waals surface area contributed by atoms with Crippen molar-refractivity contribution in [1.29, 1.82) is 0 Å². The van der Waals surface area contributed by atoms with Crippen LogP contribution in [-0.2, 0) is 10.0 Å². The van der Waals surface area contributed by atoms with E-state index < -0.39 is 10.0 Å². The van der Waals surface area contributed by atoms with Gasteiger partial charge in [-0.2, -0.15) is 11.8 Å². The van der Waals surface area contributed by atoms with E-state index in [-0.39, 0.29) is 12.3 Å². The molecular weight excluding hydrogens is 344 g/mol. The molecule has 1 aliphatic rings. The Morgan fingerprint density at radius 1 is 1.21 bits per heavy atom. The molecule has 1 atom stereocenters. The molecule has 1 saturated heterocycles. The smallest absolute Gasteiger partial charge is 0.215 e. The van der Waals surface area contributed by atoms with Crippen LogP contribution in [0.25, 0.3) is 0 Å². The Balaban J connectivity index is 2.49. The van der Waals surface area contributed by atoms with E-state index >= 15 is 0 Å². The van der Waals surface area contributed by atoms with E-state index in [0.29, 0.717) is 31.0 Å². The zero-order valence-corrected chi connectivity index (χ0v) is 17.2. The van der Waals surface area contributed by atoms with Gasteiger partial charge in [-0.05, 0) is 32.6 Å². The van der Waals surface area contributed by atoms with Gasteiger partial charge in [-0.3, -0.25) is 4.99 Å². The lowest BCUT2D eigenvalue weighted by atomic mass is 10.0. The van der Waals surface area contributed by atoms with E-state index in [0.717, 1.165) is 30.9 Å². The highest BCUT2D eigenvalue weighted by molar-refractivity contribution is 7.99. The maximum absolute atomic E-state index is 12.3. The molecule has 142 valence electrons. The minimum absolute atomic E-state index is 0.0780. The molecule has 2 N–H and O–H groups in total. The third-order valence-electron chi connectivity index (χ3n) is 3.89. The third kappa shape index (κ3) is 8.58. The highest BCUT2D eigenvalue weighted by atomic mass is 32.2. The van der Waals surface area contributed by atoms with Crippen LogP contribution < -0.4 is 10.6 Å². The number of nitrogens with one attached hydrogen (secondary N) is 2. The maximum atomic E-state index is 12.3. The summed E-state index contributed by atoms with van der Waals surface area (Å²) < 4.78 is 26.3. The summed E-state index contributed by atoms with van der Waals surface area (Å²) >= 11 is 1.81. The predicted octanol–water partition coefficient (Wildman–Crippen LogP) is 1.74. The van der Waals surface area contributed by atoms with Crippen LogP contribution in [0.5, 0.6) is 0 Å². The highest BCUT2D eigenvalue weighted by Gasteiger charge is 2.23. The number of aliphatic imine (C=N–C) groups is 1. The van der Waals surface area contributed by atoms with Crippen molar-refractivity contribution in [3.63, 3.8) is 0 Å². The van der Waals surface area contributed by atoms with Gasteiger partial charge in [-0.25, -0.2) is 12.7 Å². The first-order valence-electron chi connectivity index (χ1n) is 8.95. The minimum atomic E-state index is -3.19. The molecule has 1 fully saturated rings. The molecule has 0 spiro atoms. The van der Waals surface area contributed by atoms with Crippen molar-refractivity contribution in [2.24, 2.45) is 10.9 Å². The minimum Gasteiger partial charge on any atom is -0.357 e. The van der Waals surface area contributed by atoms with Gasteiger partial charge in [0.2, 0.25) is 10.0 Å². The van der Waals surface area contributed by atoms with Crippen molar-refractivity contribution in [1.82, 2.24) is 14.9 Å². The average molecular weight is 379 g/mol. The molecule has 0 aromatic carbocycles. The van der Waals surface area contributed by atoms with Crippen molar-refractivity contribution in [3.05, 3.63) is 0 Å². The van der Waals surface area contributed by atoms with Gasteiger partial charge in [-0.15, -0.1) is 0 Å².